The van der Waals surface area contributed by atoms with Crippen molar-refractivity contribution in [1.82, 2.24) is 4.98 Å². The van der Waals surface area contributed by atoms with E-state index in [1.54, 1.807) is 18.2 Å². The Labute approximate surface area is 97.6 Å². The van der Waals surface area contributed by atoms with Crippen LogP contribution < -0.4 is 0 Å². The lowest BCUT2D eigenvalue weighted by molar-refractivity contribution is -0.118. The first-order valence-corrected chi connectivity index (χ1v) is 5.13. The molecule has 0 aliphatic heterocycles. The first-order valence-electron chi connectivity index (χ1n) is 5.13. The van der Waals surface area contributed by atoms with Crippen molar-refractivity contribution in [3.63, 3.8) is 0 Å². The molecule has 4 heteroatoms. The van der Waals surface area contributed by atoms with Crippen LogP contribution in [0.25, 0.3) is 0 Å². The molecule has 2 rings (SSSR count). The zero-order valence-corrected chi connectivity index (χ0v) is 8.92. The SMILES string of the molecule is OC(c1ccccc1)C(F)(F)c1cccnc1. The molecule has 0 amide bonds. The first kappa shape index (κ1) is 11.7. The molecule has 88 valence electrons. The van der Waals surface area contributed by atoms with Gasteiger partial charge in [0.2, 0.25) is 0 Å². The number of pyridine rings is 1. The average Bonchev–Trinajstić information content (AvgIpc) is 2.40. The van der Waals surface area contributed by atoms with E-state index in [1.807, 2.05) is 0 Å². The largest absolute Gasteiger partial charge is 0.382 e. The van der Waals surface area contributed by atoms with E-state index in [2.05, 4.69) is 4.98 Å². The Hall–Kier alpha value is -1.81. The van der Waals surface area contributed by atoms with Crippen LogP contribution in [0, 0.1) is 0 Å². The van der Waals surface area contributed by atoms with Gasteiger partial charge >= 0.3 is 5.92 Å². The third-order valence-electron chi connectivity index (χ3n) is 2.51. The molecule has 0 saturated carbocycles. The van der Waals surface area contributed by atoms with E-state index in [4.69, 9.17) is 0 Å². The Morgan fingerprint density at radius 2 is 1.76 bits per heavy atom. The van der Waals surface area contributed by atoms with Crippen LogP contribution in [0.1, 0.15) is 17.2 Å². The minimum Gasteiger partial charge on any atom is -0.382 e. The fourth-order valence-corrected chi connectivity index (χ4v) is 1.56. The Balaban J connectivity index is 2.33. The normalized spacial score (nSPS) is 13.4. The molecule has 1 N–H and O–H groups in total. The van der Waals surface area contributed by atoms with Gasteiger partial charge in [-0.15, -0.1) is 0 Å². The van der Waals surface area contributed by atoms with Crippen molar-refractivity contribution in [2.75, 3.05) is 0 Å². The maximum absolute atomic E-state index is 13.9. The predicted molar refractivity (Wildman–Crippen MR) is 59.5 cm³/mol. The van der Waals surface area contributed by atoms with Gasteiger partial charge in [-0.25, -0.2) is 0 Å². The van der Waals surface area contributed by atoms with E-state index in [9.17, 15) is 13.9 Å². The Morgan fingerprint density at radius 3 is 2.35 bits per heavy atom. The lowest BCUT2D eigenvalue weighted by Gasteiger charge is -2.22. The van der Waals surface area contributed by atoms with Crippen LogP contribution in [0.3, 0.4) is 0 Å². The molecule has 0 fully saturated rings. The fourth-order valence-electron chi connectivity index (χ4n) is 1.56. The summed E-state index contributed by atoms with van der Waals surface area (Å²) in [6.45, 7) is 0. The van der Waals surface area contributed by atoms with Crippen LogP contribution in [-0.4, -0.2) is 10.1 Å². The van der Waals surface area contributed by atoms with E-state index in [-0.39, 0.29) is 11.1 Å². The lowest BCUT2D eigenvalue weighted by atomic mass is 9.98. The van der Waals surface area contributed by atoms with E-state index >= 15 is 0 Å². The molecule has 0 radical (unpaired) electrons. The molecule has 17 heavy (non-hydrogen) atoms. The number of rotatable bonds is 3. The van der Waals surface area contributed by atoms with Crippen molar-refractivity contribution in [3.05, 3.63) is 66.0 Å². The number of aliphatic hydroxyl groups is 1. The molecule has 1 unspecified atom stereocenters. The van der Waals surface area contributed by atoms with Crippen molar-refractivity contribution >= 4 is 0 Å². The molecule has 0 aliphatic rings. The van der Waals surface area contributed by atoms with E-state index in [0.717, 1.165) is 6.20 Å². The molecular weight excluding hydrogens is 224 g/mol. The smallest absolute Gasteiger partial charge is 0.304 e. The number of aliphatic hydroxyl groups excluding tert-OH is 1. The summed E-state index contributed by atoms with van der Waals surface area (Å²) in [4.78, 5) is 3.64. The molecule has 0 aliphatic carbocycles. The number of nitrogens with zero attached hydrogens (tertiary/aromatic N) is 1. The van der Waals surface area contributed by atoms with Gasteiger partial charge in [-0.05, 0) is 17.7 Å². The third-order valence-corrected chi connectivity index (χ3v) is 2.51. The van der Waals surface area contributed by atoms with Crippen molar-refractivity contribution < 1.29 is 13.9 Å². The third kappa shape index (κ3) is 2.31. The summed E-state index contributed by atoms with van der Waals surface area (Å²) >= 11 is 0. The van der Waals surface area contributed by atoms with Gasteiger partial charge < -0.3 is 5.11 Å². The number of aromatic nitrogens is 1. The Kier molecular flexibility index (Phi) is 3.15. The summed E-state index contributed by atoms with van der Waals surface area (Å²) in [6, 6.07) is 10.5. The van der Waals surface area contributed by atoms with Gasteiger partial charge in [-0.1, -0.05) is 30.3 Å². The minimum absolute atomic E-state index is 0.182. The monoisotopic (exact) mass is 235 g/mol. The highest BCUT2D eigenvalue weighted by Crippen LogP contribution is 2.39. The summed E-state index contributed by atoms with van der Waals surface area (Å²) in [5.41, 5.74) is -0.113. The standard InChI is InChI=1S/C13H11F2NO/c14-13(15,11-7-4-8-16-9-11)12(17)10-5-2-1-3-6-10/h1-9,12,17H. The molecular formula is C13H11F2NO. The zero-order valence-electron chi connectivity index (χ0n) is 8.92. The molecule has 1 atom stereocenters. The highest BCUT2D eigenvalue weighted by molar-refractivity contribution is 5.25. The quantitative estimate of drug-likeness (QED) is 0.887. The number of alkyl halides is 2. The maximum Gasteiger partial charge on any atom is 0.304 e. The van der Waals surface area contributed by atoms with Gasteiger partial charge in [0.05, 0.1) is 0 Å². The van der Waals surface area contributed by atoms with E-state index in [0.29, 0.717) is 0 Å². The average molecular weight is 235 g/mol. The molecule has 0 saturated heterocycles. The maximum atomic E-state index is 13.9. The molecule has 0 spiro atoms. The van der Waals surface area contributed by atoms with Crippen LogP contribution in [0.5, 0.6) is 0 Å². The van der Waals surface area contributed by atoms with Gasteiger partial charge in [-0.2, -0.15) is 8.78 Å². The van der Waals surface area contributed by atoms with Crippen molar-refractivity contribution in [3.8, 4) is 0 Å². The van der Waals surface area contributed by atoms with Crippen LogP contribution in [0.15, 0.2) is 54.9 Å². The van der Waals surface area contributed by atoms with Crippen LogP contribution >= 0.6 is 0 Å². The number of halogens is 2. The number of hydrogen-bond acceptors (Lipinski definition) is 2. The van der Waals surface area contributed by atoms with Crippen LogP contribution in [-0.2, 0) is 5.92 Å². The van der Waals surface area contributed by atoms with Crippen LogP contribution in [0.4, 0.5) is 8.78 Å². The van der Waals surface area contributed by atoms with Crippen LogP contribution in [0.2, 0.25) is 0 Å². The highest BCUT2D eigenvalue weighted by Gasteiger charge is 2.41. The molecule has 2 aromatic rings. The Bertz CT molecular complexity index is 473. The first-order chi connectivity index (χ1) is 8.12. The summed E-state index contributed by atoms with van der Waals surface area (Å²) in [5.74, 6) is -3.35. The highest BCUT2D eigenvalue weighted by atomic mass is 19.3. The lowest BCUT2D eigenvalue weighted by Crippen LogP contribution is -2.23. The summed E-state index contributed by atoms with van der Waals surface area (Å²) in [7, 11) is 0. The predicted octanol–water partition coefficient (Wildman–Crippen LogP) is 2.91. The van der Waals surface area contributed by atoms with Gasteiger partial charge in [0.25, 0.3) is 0 Å². The topological polar surface area (TPSA) is 33.1 Å². The Morgan fingerprint density at radius 1 is 1.06 bits per heavy atom. The van der Waals surface area contributed by atoms with Crippen molar-refractivity contribution in [1.29, 1.82) is 0 Å². The van der Waals surface area contributed by atoms with Crippen molar-refractivity contribution in [2.45, 2.75) is 12.0 Å². The molecule has 1 aromatic carbocycles. The second-order valence-corrected chi connectivity index (χ2v) is 3.68. The second kappa shape index (κ2) is 4.59. The van der Waals surface area contributed by atoms with E-state index < -0.39 is 12.0 Å². The molecule has 2 nitrogen and oxygen atoms in total. The van der Waals surface area contributed by atoms with Gasteiger partial charge in [0, 0.05) is 18.0 Å². The van der Waals surface area contributed by atoms with Gasteiger partial charge in [0.15, 0.2) is 0 Å². The fraction of sp³-hybridized carbons (Fsp3) is 0.154. The zero-order chi connectivity index (χ0) is 12.3. The number of hydrogen-bond donors (Lipinski definition) is 1. The summed E-state index contributed by atoms with van der Waals surface area (Å²) in [5, 5.41) is 9.72. The van der Waals surface area contributed by atoms with Gasteiger partial charge in [0.1, 0.15) is 6.10 Å². The number of benzene rings is 1. The minimum atomic E-state index is -3.35. The molecule has 1 aromatic heterocycles. The summed E-state index contributed by atoms with van der Waals surface area (Å²) in [6.07, 6.45) is 0.605. The van der Waals surface area contributed by atoms with E-state index in [1.165, 1.54) is 30.5 Å². The molecule has 1 heterocycles. The molecule has 0 bridgehead atoms. The van der Waals surface area contributed by atoms with Crippen molar-refractivity contribution in [2.24, 2.45) is 0 Å². The van der Waals surface area contributed by atoms with Gasteiger partial charge in [-0.3, -0.25) is 4.98 Å². The summed E-state index contributed by atoms with van der Waals surface area (Å²) < 4.78 is 27.9. The second-order valence-electron chi connectivity index (χ2n) is 3.68.